The number of benzene rings is 2. The van der Waals surface area contributed by atoms with Crippen LogP contribution in [-0.2, 0) is 13.0 Å². The van der Waals surface area contributed by atoms with Crippen LogP contribution < -0.4 is 20.3 Å². The van der Waals surface area contributed by atoms with E-state index in [-0.39, 0.29) is 5.56 Å². The first-order valence-electron chi connectivity index (χ1n) is 11.6. The topological polar surface area (TPSA) is 66.6 Å². The van der Waals surface area contributed by atoms with Crippen molar-refractivity contribution in [3.8, 4) is 11.5 Å². The highest BCUT2D eigenvalue weighted by Crippen LogP contribution is 2.33. The number of ether oxygens (including phenoxy) is 2. The Kier molecular flexibility index (Phi) is 7.50. The summed E-state index contributed by atoms with van der Waals surface area (Å²) >= 11 is 5.72. The smallest absolute Gasteiger partial charge is 0.253 e. The van der Waals surface area contributed by atoms with Crippen LogP contribution in [0.25, 0.3) is 10.9 Å². The summed E-state index contributed by atoms with van der Waals surface area (Å²) in [6.45, 7) is 7.30. The number of hydrogen-bond donors (Lipinski definition) is 2. The van der Waals surface area contributed by atoms with Gasteiger partial charge >= 0.3 is 0 Å². The minimum absolute atomic E-state index is 0.114. The fourth-order valence-corrected chi connectivity index (χ4v) is 4.25. The van der Waals surface area contributed by atoms with Gasteiger partial charge in [-0.3, -0.25) is 4.79 Å². The minimum atomic E-state index is -0.114. The number of H-pyrrole nitrogens is 1. The number of nitrogens with zero attached hydrogens (tertiary/aromatic N) is 1. The number of nitrogens with one attached hydrogen (secondary N) is 2. The van der Waals surface area contributed by atoms with Crippen molar-refractivity contribution in [3.63, 3.8) is 0 Å². The van der Waals surface area contributed by atoms with Gasteiger partial charge in [0.25, 0.3) is 5.56 Å². The molecule has 2 N–H and O–H groups in total. The van der Waals surface area contributed by atoms with Crippen molar-refractivity contribution >= 4 is 28.2 Å². The highest BCUT2D eigenvalue weighted by Gasteiger charge is 2.17. The number of thiocarbonyl (C=S) groups is 1. The van der Waals surface area contributed by atoms with Crippen LogP contribution in [0.1, 0.15) is 36.5 Å². The molecule has 3 aromatic rings. The van der Waals surface area contributed by atoms with E-state index in [1.807, 2.05) is 18.2 Å². The van der Waals surface area contributed by atoms with Crippen molar-refractivity contribution in [2.24, 2.45) is 0 Å². The summed E-state index contributed by atoms with van der Waals surface area (Å²) in [7, 11) is 0. The summed E-state index contributed by atoms with van der Waals surface area (Å²) in [5.74, 6) is 1.37. The van der Waals surface area contributed by atoms with E-state index in [0.717, 1.165) is 43.3 Å². The third-order valence-electron chi connectivity index (χ3n) is 5.95. The molecule has 0 fully saturated rings. The van der Waals surface area contributed by atoms with Gasteiger partial charge in [0.05, 0.1) is 12.1 Å². The molecule has 0 saturated heterocycles. The largest absolute Gasteiger partial charge is 0.486 e. The minimum Gasteiger partial charge on any atom is -0.486 e. The second kappa shape index (κ2) is 10.7. The van der Waals surface area contributed by atoms with Crippen LogP contribution in [0.4, 0.5) is 0 Å². The molecule has 0 spiro atoms. The Morgan fingerprint density at radius 3 is 2.64 bits per heavy atom. The molecule has 0 radical (unpaired) electrons. The molecule has 1 aromatic heterocycles. The lowest BCUT2D eigenvalue weighted by molar-refractivity contribution is 0.172. The quantitative estimate of drug-likeness (QED) is 0.381. The van der Waals surface area contributed by atoms with Crippen LogP contribution in [0.3, 0.4) is 0 Å². The van der Waals surface area contributed by atoms with Gasteiger partial charge in [-0.15, -0.1) is 0 Å². The van der Waals surface area contributed by atoms with Gasteiger partial charge < -0.3 is 24.7 Å². The molecule has 33 heavy (non-hydrogen) atoms. The van der Waals surface area contributed by atoms with E-state index in [4.69, 9.17) is 21.7 Å². The second-order valence-electron chi connectivity index (χ2n) is 8.39. The van der Waals surface area contributed by atoms with Gasteiger partial charge in [-0.2, -0.15) is 0 Å². The molecule has 0 unspecified atom stereocenters. The van der Waals surface area contributed by atoms with Gasteiger partial charge in [-0.1, -0.05) is 37.6 Å². The van der Waals surface area contributed by atoms with Crippen molar-refractivity contribution in [2.45, 2.75) is 39.7 Å². The number of aryl methyl sites for hydroxylation is 1. The lowest BCUT2D eigenvalue weighted by Gasteiger charge is -2.26. The Hall–Kier alpha value is -3.06. The van der Waals surface area contributed by atoms with Crippen molar-refractivity contribution in [2.75, 3.05) is 26.3 Å². The zero-order valence-corrected chi connectivity index (χ0v) is 20.1. The summed E-state index contributed by atoms with van der Waals surface area (Å²) in [6, 6.07) is 14.1. The number of fused-ring (bicyclic) bond motifs is 2. The van der Waals surface area contributed by atoms with Crippen LogP contribution in [0.2, 0.25) is 0 Å². The normalized spacial score (nSPS) is 12.5. The molecule has 7 heteroatoms. The summed E-state index contributed by atoms with van der Waals surface area (Å²) < 4.78 is 11.4. The molecule has 0 bridgehead atoms. The first-order valence-corrected chi connectivity index (χ1v) is 12.0. The van der Waals surface area contributed by atoms with Crippen LogP contribution in [0.15, 0.2) is 47.3 Å². The SMILES string of the molecule is CCCCNC(=S)N(CCc1ccccc1C)Cc1cc2cc3c(cc2[nH]c1=O)OCCO3. The number of aromatic nitrogens is 1. The molecule has 174 valence electrons. The second-order valence-corrected chi connectivity index (χ2v) is 8.78. The molecule has 0 saturated carbocycles. The van der Waals surface area contributed by atoms with Gasteiger partial charge in [-0.25, -0.2) is 0 Å². The van der Waals surface area contributed by atoms with Crippen molar-refractivity contribution in [3.05, 3.63) is 69.5 Å². The average Bonchev–Trinajstić information content (AvgIpc) is 2.81. The average molecular weight is 466 g/mol. The highest BCUT2D eigenvalue weighted by atomic mass is 32.1. The van der Waals surface area contributed by atoms with Crippen molar-refractivity contribution < 1.29 is 9.47 Å². The number of aromatic amines is 1. The van der Waals surface area contributed by atoms with Gasteiger partial charge in [0.2, 0.25) is 0 Å². The van der Waals surface area contributed by atoms with Crippen molar-refractivity contribution in [1.29, 1.82) is 0 Å². The molecule has 0 amide bonds. The van der Waals surface area contributed by atoms with E-state index >= 15 is 0 Å². The lowest BCUT2D eigenvalue weighted by Crippen LogP contribution is -2.41. The zero-order valence-electron chi connectivity index (χ0n) is 19.3. The number of unbranched alkanes of at least 4 members (excludes halogenated alkanes) is 1. The van der Waals surface area contributed by atoms with Gasteiger partial charge in [-0.05, 0) is 55.2 Å². The molecule has 6 nitrogen and oxygen atoms in total. The number of rotatable bonds is 8. The number of pyridine rings is 1. The maximum Gasteiger partial charge on any atom is 0.253 e. The monoisotopic (exact) mass is 465 g/mol. The first-order chi connectivity index (χ1) is 16.0. The van der Waals surface area contributed by atoms with Gasteiger partial charge in [0.15, 0.2) is 16.6 Å². The molecular weight excluding hydrogens is 434 g/mol. The molecular formula is C26H31N3O3S. The molecule has 2 heterocycles. The molecule has 0 atom stereocenters. The van der Waals surface area contributed by atoms with Gasteiger partial charge in [0.1, 0.15) is 13.2 Å². The summed E-state index contributed by atoms with van der Waals surface area (Å²) in [4.78, 5) is 18.0. The Balaban J connectivity index is 1.58. The standard InChI is InChI=1S/C26H31N3O3S/c1-3-4-10-27-26(33)29(11-9-19-8-6-5-7-18(19)2)17-21-14-20-15-23-24(32-13-12-31-23)16-22(20)28-25(21)30/h5-8,14-16H,3-4,9-13,17H2,1-2H3,(H,27,33)(H,28,30). The van der Waals surface area contributed by atoms with E-state index in [2.05, 4.69) is 53.3 Å². The predicted molar refractivity (Wildman–Crippen MR) is 136 cm³/mol. The third-order valence-corrected chi connectivity index (χ3v) is 6.35. The third kappa shape index (κ3) is 5.66. The van der Waals surface area contributed by atoms with Crippen LogP contribution in [0.5, 0.6) is 11.5 Å². The van der Waals surface area contributed by atoms with E-state index in [0.29, 0.717) is 41.9 Å². The maximum atomic E-state index is 12.9. The van der Waals surface area contributed by atoms with E-state index in [1.165, 1.54) is 11.1 Å². The Morgan fingerprint density at radius 2 is 1.88 bits per heavy atom. The summed E-state index contributed by atoms with van der Waals surface area (Å²) in [6.07, 6.45) is 3.00. The Bertz CT molecular complexity index is 1190. The van der Waals surface area contributed by atoms with Crippen LogP contribution in [-0.4, -0.2) is 41.3 Å². The molecule has 2 aromatic carbocycles. The fourth-order valence-electron chi connectivity index (χ4n) is 3.99. The zero-order chi connectivity index (χ0) is 23.2. The molecule has 1 aliphatic rings. The van der Waals surface area contributed by atoms with Gasteiger partial charge in [0, 0.05) is 30.1 Å². The molecule has 0 aliphatic carbocycles. The number of hydrogen-bond acceptors (Lipinski definition) is 4. The van der Waals surface area contributed by atoms with Crippen molar-refractivity contribution in [1.82, 2.24) is 15.2 Å². The van der Waals surface area contributed by atoms with Crippen LogP contribution >= 0.6 is 12.2 Å². The Morgan fingerprint density at radius 1 is 1.12 bits per heavy atom. The summed E-state index contributed by atoms with van der Waals surface area (Å²) in [5, 5.41) is 4.95. The predicted octanol–water partition coefficient (Wildman–Crippen LogP) is 4.33. The maximum absolute atomic E-state index is 12.9. The van der Waals surface area contributed by atoms with E-state index in [9.17, 15) is 4.79 Å². The summed E-state index contributed by atoms with van der Waals surface area (Å²) in [5.41, 5.74) is 3.84. The molecule has 4 rings (SSSR count). The van der Waals surface area contributed by atoms with E-state index in [1.54, 1.807) is 0 Å². The van der Waals surface area contributed by atoms with E-state index < -0.39 is 0 Å². The fraction of sp³-hybridized carbons (Fsp3) is 0.385. The highest BCUT2D eigenvalue weighted by molar-refractivity contribution is 7.80. The lowest BCUT2D eigenvalue weighted by atomic mass is 10.1. The molecule has 1 aliphatic heterocycles. The Labute approximate surface area is 199 Å². The first kappa shape index (κ1) is 23.1. The van der Waals surface area contributed by atoms with Crippen LogP contribution in [0, 0.1) is 6.92 Å².